The Morgan fingerprint density at radius 3 is 2.40 bits per heavy atom. The molecule has 0 fully saturated rings. The van der Waals surface area contributed by atoms with Gasteiger partial charge in [-0.3, -0.25) is 4.72 Å². The molecule has 128 valence electrons. The van der Waals surface area contributed by atoms with Gasteiger partial charge in [0.05, 0.1) is 27.8 Å². The molecule has 2 N–H and O–H groups in total. The lowest BCUT2D eigenvalue weighted by Gasteiger charge is -2.20. The molecular weight excluding hydrogens is 340 g/mol. The van der Waals surface area contributed by atoms with Gasteiger partial charge in [0, 0.05) is 0 Å². The predicted octanol–water partition coefficient (Wildman–Crippen LogP) is 2.94. The van der Waals surface area contributed by atoms with E-state index in [1.165, 1.54) is 30.3 Å². The summed E-state index contributed by atoms with van der Waals surface area (Å²) in [4.78, 5) is 11.7. The highest BCUT2D eigenvalue weighted by atomic mass is 32.2. The first-order valence-corrected chi connectivity index (χ1v) is 9.32. The van der Waals surface area contributed by atoms with Gasteiger partial charge in [0.2, 0.25) is 0 Å². The van der Waals surface area contributed by atoms with E-state index in [9.17, 15) is 18.3 Å². The van der Waals surface area contributed by atoms with E-state index in [0.717, 1.165) is 24.8 Å². The van der Waals surface area contributed by atoms with E-state index in [-0.39, 0.29) is 16.1 Å². The fourth-order valence-corrected chi connectivity index (χ4v) is 4.14. The van der Waals surface area contributed by atoms with Gasteiger partial charge in [-0.1, -0.05) is 6.07 Å². The maximum absolute atomic E-state index is 12.6. The molecule has 2 aromatic rings. The number of carbonyl (C=O) groups is 1. The highest BCUT2D eigenvalue weighted by Crippen LogP contribution is 2.31. The Bertz CT molecular complexity index is 973. The van der Waals surface area contributed by atoms with Crippen molar-refractivity contribution in [3.05, 3.63) is 58.7 Å². The monoisotopic (exact) mass is 356 g/mol. The second kappa shape index (κ2) is 6.57. The SMILES string of the molecule is N#Cc1ccc(S(=O)(=O)Nc2ccc3c(c2C(=O)O)CCCC3)cc1. The van der Waals surface area contributed by atoms with Gasteiger partial charge in [0.1, 0.15) is 0 Å². The first kappa shape index (κ1) is 17.0. The average molecular weight is 356 g/mol. The van der Waals surface area contributed by atoms with E-state index in [1.807, 2.05) is 6.07 Å². The maximum Gasteiger partial charge on any atom is 0.338 e. The Balaban J connectivity index is 2.02. The molecule has 1 aliphatic rings. The normalized spacial score (nSPS) is 13.6. The molecule has 2 aromatic carbocycles. The molecule has 0 spiro atoms. The van der Waals surface area contributed by atoms with Crippen LogP contribution in [0.1, 0.15) is 39.9 Å². The van der Waals surface area contributed by atoms with Crippen LogP contribution in [0.2, 0.25) is 0 Å². The Morgan fingerprint density at radius 1 is 1.08 bits per heavy atom. The van der Waals surface area contributed by atoms with Gasteiger partial charge >= 0.3 is 5.97 Å². The van der Waals surface area contributed by atoms with Crippen LogP contribution in [0.25, 0.3) is 0 Å². The van der Waals surface area contributed by atoms with Crippen molar-refractivity contribution >= 4 is 21.7 Å². The van der Waals surface area contributed by atoms with E-state index < -0.39 is 16.0 Å². The van der Waals surface area contributed by atoms with Gasteiger partial charge in [-0.25, -0.2) is 13.2 Å². The van der Waals surface area contributed by atoms with E-state index >= 15 is 0 Å². The number of carboxylic acids is 1. The summed E-state index contributed by atoms with van der Waals surface area (Å²) in [6.07, 6.45) is 3.32. The van der Waals surface area contributed by atoms with Crippen LogP contribution < -0.4 is 4.72 Å². The quantitative estimate of drug-likeness (QED) is 0.876. The van der Waals surface area contributed by atoms with Crippen molar-refractivity contribution in [1.82, 2.24) is 0 Å². The van der Waals surface area contributed by atoms with E-state index in [2.05, 4.69) is 4.72 Å². The molecule has 0 heterocycles. The number of aryl methyl sites for hydroxylation is 1. The summed E-state index contributed by atoms with van der Waals surface area (Å²) in [7, 11) is -3.94. The summed E-state index contributed by atoms with van der Waals surface area (Å²) in [5.74, 6) is -1.14. The Kier molecular flexibility index (Phi) is 4.47. The maximum atomic E-state index is 12.6. The second-order valence-corrected chi connectivity index (χ2v) is 7.56. The van der Waals surface area contributed by atoms with Crippen LogP contribution in [-0.4, -0.2) is 19.5 Å². The molecule has 0 atom stereocenters. The zero-order valence-electron chi connectivity index (χ0n) is 13.3. The summed E-state index contributed by atoms with van der Waals surface area (Å²) < 4.78 is 27.5. The van der Waals surface area contributed by atoms with Crippen molar-refractivity contribution < 1.29 is 18.3 Å². The van der Waals surface area contributed by atoms with E-state index in [0.29, 0.717) is 17.5 Å². The van der Waals surface area contributed by atoms with Gasteiger partial charge < -0.3 is 5.11 Å². The van der Waals surface area contributed by atoms with Crippen molar-refractivity contribution in [3.63, 3.8) is 0 Å². The lowest BCUT2D eigenvalue weighted by atomic mass is 9.87. The number of nitriles is 1. The molecule has 6 nitrogen and oxygen atoms in total. The fraction of sp³-hybridized carbons (Fsp3) is 0.222. The van der Waals surface area contributed by atoms with E-state index in [1.54, 1.807) is 6.07 Å². The predicted molar refractivity (Wildman–Crippen MR) is 92.0 cm³/mol. The summed E-state index contributed by atoms with van der Waals surface area (Å²) in [6, 6.07) is 10.7. The lowest BCUT2D eigenvalue weighted by molar-refractivity contribution is 0.0696. The van der Waals surface area contributed by atoms with Crippen LogP contribution in [0.4, 0.5) is 5.69 Å². The van der Waals surface area contributed by atoms with Gasteiger partial charge in [0.15, 0.2) is 0 Å². The number of carboxylic acid groups (broad SMARTS) is 1. The number of nitrogens with one attached hydrogen (secondary N) is 1. The Labute approximate surface area is 145 Å². The number of fused-ring (bicyclic) bond motifs is 1. The zero-order valence-corrected chi connectivity index (χ0v) is 14.1. The summed E-state index contributed by atoms with van der Waals surface area (Å²) in [6.45, 7) is 0. The third kappa shape index (κ3) is 3.35. The average Bonchev–Trinajstić information content (AvgIpc) is 2.61. The van der Waals surface area contributed by atoms with Gasteiger partial charge in [-0.15, -0.1) is 0 Å². The van der Waals surface area contributed by atoms with Gasteiger partial charge in [0.25, 0.3) is 10.0 Å². The molecule has 3 rings (SSSR count). The molecule has 0 aromatic heterocycles. The lowest BCUT2D eigenvalue weighted by Crippen LogP contribution is -2.18. The van der Waals surface area contributed by atoms with Crippen molar-refractivity contribution in [2.24, 2.45) is 0 Å². The Morgan fingerprint density at radius 2 is 1.76 bits per heavy atom. The molecule has 0 saturated heterocycles. The molecule has 1 aliphatic carbocycles. The van der Waals surface area contributed by atoms with Gasteiger partial charge in [-0.2, -0.15) is 5.26 Å². The minimum Gasteiger partial charge on any atom is -0.478 e. The number of nitrogens with zero attached hydrogens (tertiary/aromatic N) is 1. The number of aromatic carboxylic acids is 1. The van der Waals surface area contributed by atoms with Crippen LogP contribution in [-0.2, 0) is 22.9 Å². The number of benzene rings is 2. The fourth-order valence-electron chi connectivity index (χ4n) is 3.07. The summed E-state index contributed by atoms with van der Waals surface area (Å²) in [5.41, 5.74) is 2.11. The number of sulfonamides is 1. The minimum absolute atomic E-state index is 0.0226. The first-order valence-electron chi connectivity index (χ1n) is 7.83. The van der Waals surface area contributed by atoms with Crippen molar-refractivity contribution in [2.75, 3.05) is 4.72 Å². The summed E-state index contributed by atoms with van der Waals surface area (Å²) >= 11 is 0. The van der Waals surface area contributed by atoms with Gasteiger partial charge in [-0.05, 0) is 67.1 Å². The molecule has 0 saturated carbocycles. The molecular formula is C18H16N2O4S. The number of hydrogen-bond acceptors (Lipinski definition) is 4. The Hall–Kier alpha value is -2.85. The van der Waals surface area contributed by atoms with E-state index in [4.69, 9.17) is 5.26 Å². The summed E-state index contributed by atoms with van der Waals surface area (Å²) in [5, 5.41) is 18.4. The van der Waals surface area contributed by atoms with Crippen molar-refractivity contribution in [3.8, 4) is 6.07 Å². The third-order valence-electron chi connectivity index (χ3n) is 4.28. The third-order valence-corrected chi connectivity index (χ3v) is 5.67. The topological polar surface area (TPSA) is 107 Å². The van der Waals surface area contributed by atoms with Crippen molar-refractivity contribution in [1.29, 1.82) is 5.26 Å². The molecule has 0 radical (unpaired) electrons. The van der Waals surface area contributed by atoms with Crippen LogP contribution in [0.5, 0.6) is 0 Å². The first-order chi connectivity index (χ1) is 11.9. The zero-order chi connectivity index (χ0) is 18.0. The molecule has 0 unspecified atom stereocenters. The highest BCUT2D eigenvalue weighted by molar-refractivity contribution is 7.92. The highest BCUT2D eigenvalue weighted by Gasteiger charge is 2.24. The largest absolute Gasteiger partial charge is 0.478 e. The van der Waals surface area contributed by atoms with Crippen LogP contribution >= 0.6 is 0 Å². The molecule has 0 bridgehead atoms. The number of hydrogen-bond donors (Lipinski definition) is 2. The molecule has 0 aliphatic heterocycles. The van der Waals surface area contributed by atoms with Crippen LogP contribution in [0.15, 0.2) is 41.3 Å². The minimum atomic E-state index is -3.94. The molecule has 25 heavy (non-hydrogen) atoms. The smallest absolute Gasteiger partial charge is 0.338 e. The second-order valence-electron chi connectivity index (χ2n) is 5.88. The number of anilines is 1. The van der Waals surface area contributed by atoms with Crippen LogP contribution in [0.3, 0.4) is 0 Å². The molecule has 7 heteroatoms. The molecule has 0 amide bonds. The standard InChI is InChI=1S/C18H16N2O4S/c19-11-12-5-8-14(9-6-12)25(23,24)20-16-10-7-13-3-1-2-4-15(13)17(16)18(21)22/h5-10,20H,1-4H2,(H,21,22). The van der Waals surface area contributed by atoms with Crippen LogP contribution in [0, 0.1) is 11.3 Å². The van der Waals surface area contributed by atoms with Crippen molar-refractivity contribution in [2.45, 2.75) is 30.6 Å². The number of rotatable bonds is 4.